The number of pyridine rings is 1. The molecule has 40 heavy (non-hydrogen) atoms. The zero-order valence-electron chi connectivity index (χ0n) is 23.0. The van der Waals surface area contributed by atoms with Gasteiger partial charge < -0.3 is 5.11 Å². The maximum atomic E-state index is 13.6. The second kappa shape index (κ2) is 12.6. The molecule has 2 amide bonds. The average molecular weight is 595 g/mol. The van der Waals surface area contributed by atoms with Crippen LogP contribution < -0.4 is 11.2 Å². The summed E-state index contributed by atoms with van der Waals surface area (Å²) in [4.78, 5) is 58.9. The molecule has 0 bridgehead atoms. The Hall–Kier alpha value is -3.14. The van der Waals surface area contributed by atoms with Crippen LogP contribution in [0.4, 0.5) is 11.4 Å². The van der Waals surface area contributed by atoms with Crippen molar-refractivity contribution in [3.8, 4) is 5.88 Å². The molecule has 5 rings (SSSR count). The Balaban J connectivity index is 0.00000370. The fourth-order valence-corrected chi connectivity index (χ4v) is 6.36. The summed E-state index contributed by atoms with van der Waals surface area (Å²) < 4.78 is 2.58. The van der Waals surface area contributed by atoms with Gasteiger partial charge in [-0.1, -0.05) is 52.4 Å². The second-order valence-corrected chi connectivity index (χ2v) is 10.8. The van der Waals surface area contributed by atoms with E-state index in [0.29, 0.717) is 25.7 Å². The summed E-state index contributed by atoms with van der Waals surface area (Å²) in [5, 5.41) is 19.6. The van der Waals surface area contributed by atoms with Crippen molar-refractivity contribution in [2.75, 3.05) is 0 Å². The Morgan fingerprint density at radius 3 is 2.02 bits per heavy atom. The van der Waals surface area contributed by atoms with E-state index in [4.69, 9.17) is 0 Å². The Morgan fingerprint density at radius 2 is 1.45 bits per heavy atom. The van der Waals surface area contributed by atoms with Crippen molar-refractivity contribution < 1.29 is 31.2 Å². The van der Waals surface area contributed by atoms with Crippen molar-refractivity contribution in [3.63, 3.8) is 0 Å². The van der Waals surface area contributed by atoms with Crippen LogP contribution in [0.3, 0.4) is 0 Å². The van der Waals surface area contributed by atoms with Crippen molar-refractivity contribution in [2.24, 2.45) is 10.2 Å². The van der Waals surface area contributed by atoms with E-state index < -0.39 is 28.9 Å². The molecule has 0 atom stereocenters. The van der Waals surface area contributed by atoms with Crippen LogP contribution in [0.25, 0.3) is 0 Å². The zero-order chi connectivity index (χ0) is 27.7. The van der Waals surface area contributed by atoms with Gasteiger partial charge in [0.05, 0.1) is 5.56 Å². The number of aromatic nitrogens is 3. The summed E-state index contributed by atoms with van der Waals surface area (Å²) in [6, 6.07) is 0.696. The molecule has 0 saturated heterocycles. The number of nitrogens with zero attached hydrogens (tertiary/aromatic N) is 6. The van der Waals surface area contributed by atoms with Crippen LogP contribution in [0.1, 0.15) is 124 Å². The van der Waals surface area contributed by atoms with Crippen molar-refractivity contribution >= 4 is 23.2 Å². The zero-order valence-corrected chi connectivity index (χ0v) is 23.9. The molecule has 0 radical (unpaired) electrons. The first-order valence-corrected chi connectivity index (χ1v) is 14.3. The third kappa shape index (κ3) is 5.18. The number of carbonyl (C=O) groups excluding carboxylic acids is 2. The second-order valence-electron chi connectivity index (χ2n) is 10.8. The summed E-state index contributed by atoms with van der Waals surface area (Å²) in [6.07, 6.45) is 11.3. The van der Waals surface area contributed by atoms with Crippen LogP contribution in [-0.2, 0) is 16.5 Å². The molecule has 0 spiro atoms. The first-order chi connectivity index (χ1) is 18.9. The molecule has 11 nitrogen and oxygen atoms in total. The van der Waals surface area contributed by atoms with Gasteiger partial charge in [0.15, 0.2) is 0 Å². The maximum absolute atomic E-state index is 13.6. The number of amides is 2. The molecule has 3 heterocycles. The number of carbonyl (C=O) groups is 2. The van der Waals surface area contributed by atoms with Crippen LogP contribution in [0.5, 0.6) is 5.88 Å². The smallest absolute Gasteiger partial charge is 0.493 e. The molecule has 0 aromatic carbocycles. The van der Waals surface area contributed by atoms with Gasteiger partial charge in [0, 0.05) is 24.3 Å². The number of hydrogen-bond acceptors (Lipinski definition) is 8. The third-order valence-electron chi connectivity index (χ3n) is 8.50. The number of imide groups is 1. The van der Waals surface area contributed by atoms with E-state index in [-0.39, 0.29) is 57.2 Å². The predicted octanol–water partition coefficient (Wildman–Crippen LogP) is 5.32. The van der Waals surface area contributed by atoms with E-state index in [1.807, 2.05) is 13.8 Å². The molecule has 2 aromatic rings. The molecule has 1 N–H and O–H groups in total. The van der Waals surface area contributed by atoms with E-state index in [9.17, 15) is 24.3 Å². The number of azo groups is 1. The predicted molar refractivity (Wildman–Crippen MR) is 144 cm³/mol. The molecule has 2 aliphatic carbocycles. The molecule has 1 aliphatic heterocycles. The van der Waals surface area contributed by atoms with Gasteiger partial charge in [-0.2, -0.15) is 0 Å². The van der Waals surface area contributed by atoms with Gasteiger partial charge in [-0.3, -0.25) is 33.4 Å². The van der Waals surface area contributed by atoms with Crippen molar-refractivity contribution in [3.05, 3.63) is 44.4 Å². The van der Waals surface area contributed by atoms with Gasteiger partial charge in [0.25, 0.3) is 17.4 Å². The normalized spacial score (nSPS) is 18.5. The van der Waals surface area contributed by atoms with Gasteiger partial charge in [-0.15, -0.1) is 10.2 Å². The summed E-state index contributed by atoms with van der Waals surface area (Å²) in [6.45, 7) is 3.82. The van der Waals surface area contributed by atoms with Crippen molar-refractivity contribution in [2.45, 2.75) is 109 Å². The van der Waals surface area contributed by atoms with Crippen LogP contribution in [0.2, 0.25) is 0 Å². The first-order valence-electron chi connectivity index (χ1n) is 14.3. The van der Waals surface area contributed by atoms with Gasteiger partial charge in [0.2, 0.25) is 11.6 Å². The Labute approximate surface area is 242 Å². The fraction of sp³-hybridized carbons (Fsp3) is 0.607. The minimum absolute atomic E-state index is 0. The van der Waals surface area contributed by atoms with Crippen molar-refractivity contribution in [1.29, 1.82) is 0 Å². The molecule has 216 valence electrons. The number of rotatable bonds is 7. The number of hydrogen-bond donors (Lipinski definition) is 1. The number of aromatic hydroxyl groups is 1. The molecule has 12 heteroatoms. The largest absolute Gasteiger partial charge is 2.00 e. The standard InChI is InChI=1S/C28H36N6O5.Ni/c1-3-17(4-2)32-24(35)21-20(15-16-29-22(21)25(32)36)30-31-23-26(37)33(18-11-7-5-8-12-18)28(39)34(27(23)38)19-13-9-6-10-14-19;/h15-19,37H,3-14H2,1-2H3;/q;+2. The van der Waals surface area contributed by atoms with Gasteiger partial charge >= 0.3 is 22.2 Å². The molecule has 3 aliphatic rings. The van der Waals surface area contributed by atoms with Gasteiger partial charge in [-0.05, 0) is 44.6 Å². The minimum Gasteiger partial charge on any atom is -0.493 e. The monoisotopic (exact) mass is 594 g/mol. The summed E-state index contributed by atoms with van der Waals surface area (Å²) in [5.74, 6) is -1.48. The van der Waals surface area contributed by atoms with Crippen molar-refractivity contribution in [1.82, 2.24) is 19.0 Å². The van der Waals surface area contributed by atoms with Crippen LogP contribution in [0, 0.1) is 0 Å². The number of fused-ring (bicyclic) bond motifs is 1. The van der Waals surface area contributed by atoms with E-state index in [1.165, 1.54) is 26.3 Å². The van der Waals surface area contributed by atoms with Crippen LogP contribution in [0.15, 0.2) is 32.1 Å². The summed E-state index contributed by atoms with van der Waals surface area (Å²) >= 11 is 0. The Morgan fingerprint density at radius 1 is 0.875 bits per heavy atom. The van der Waals surface area contributed by atoms with Crippen LogP contribution >= 0.6 is 0 Å². The van der Waals surface area contributed by atoms with E-state index >= 15 is 0 Å². The summed E-state index contributed by atoms with van der Waals surface area (Å²) in [7, 11) is 0. The maximum Gasteiger partial charge on any atom is 2.00 e. The molecule has 2 saturated carbocycles. The molecule has 2 aromatic heterocycles. The fourth-order valence-electron chi connectivity index (χ4n) is 6.36. The average Bonchev–Trinajstić information content (AvgIpc) is 3.21. The van der Waals surface area contributed by atoms with Gasteiger partial charge in [-0.25, -0.2) is 4.79 Å². The SMILES string of the molecule is CCC(CC)N1C(=O)c2nccc(N=Nc3c(O)n(C4CCCCC4)c(=O)n(C4CCCCC4)c3=O)c2C1=O.[Ni+2]. The molecular weight excluding hydrogens is 559 g/mol. The quantitative estimate of drug-likeness (QED) is 0.261. The van der Waals surface area contributed by atoms with Gasteiger partial charge in [0.1, 0.15) is 11.4 Å². The molecular formula is C28H36N6NiO5+2. The van der Waals surface area contributed by atoms with Crippen LogP contribution in [-0.4, -0.2) is 42.0 Å². The topological polar surface area (TPSA) is 139 Å². The first kappa shape index (κ1) is 29.8. The molecule has 2 fully saturated rings. The Bertz CT molecular complexity index is 1420. The Kier molecular flexibility index (Phi) is 9.38. The van der Waals surface area contributed by atoms with E-state index in [1.54, 1.807) is 0 Å². The van der Waals surface area contributed by atoms with E-state index in [2.05, 4.69) is 15.2 Å². The molecule has 0 unspecified atom stereocenters. The third-order valence-corrected chi connectivity index (χ3v) is 8.50. The van der Waals surface area contributed by atoms with E-state index in [0.717, 1.165) is 51.4 Å². The minimum atomic E-state index is -0.688. The summed E-state index contributed by atoms with van der Waals surface area (Å²) in [5.41, 5.74) is -1.39.